The summed E-state index contributed by atoms with van der Waals surface area (Å²) in [5.41, 5.74) is -0.617. The lowest BCUT2D eigenvalue weighted by Crippen LogP contribution is -2.15. The quantitative estimate of drug-likeness (QED) is 0.219. The highest BCUT2D eigenvalue weighted by Crippen LogP contribution is 2.43. The van der Waals surface area contributed by atoms with Crippen LogP contribution in [0.15, 0.2) is 53.4 Å². The lowest BCUT2D eigenvalue weighted by atomic mass is 10.2. The number of alkyl halides is 3. The maximum atomic E-state index is 13.0. The molecule has 8 nitrogen and oxygen atoms in total. The van der Waals surface area contributed by atoms with Crippen LogP contribution in [0.1, 0.15) is 5.56 Å². The van der Waals surface area contributed by atoms with Gasteiger partial charge in [0.05, 0.1) is 43.5 Å². The van der Waals surface area contributed by atoms with E-state index in [4.69, 9.17) is 39.5 Å². The van der Waals surface area contributed by atoms with Gasteiger partial charge in [0.15, 0.2) is 5.75 Å². The first kappa shape index (κ1) is 28.5. The SMILES string of the molecule is CS(=O)(=O)Nc1ccc2nc(Oc3c(Cl)cc(Cl)cc3NS(=O)(=O)c3ccc(C(F)(F)F)cc3Cl)sc2c1. The number of hydrogen-bond donors (Lipinski definition) is 2. The number of halogens is 6. The molecule has 0 fully saturated rings. The molecule has 4 aromatic rings. The zero-order chi connectivity index (χ0) is 28.0. The molecule has 0 aliphatic carbocycles. The van der Waals surface area contributed by atoms with Gasteiger partial charge in [-0.05, 0) is 48.5 Å². The summed E-state index contributed by atoms with van der Waals surface area (Å²) in [5, 5.41) is -0.715. The van der Waals surface area contributed by atoms with Crippen molar-refractivity contribution in [1.29, 1.82) is 0 Å². The van der Waals surface area contributed by atoms with E-state index in [9.17, 15) is 30.0 Å². The number of fused-ring (bicyclic) bond motifs is 1. The molecule has 2 N–H and O–H groups in total. The van der Waals surface area contributed by atoms with E-state index >= 15 is 0 Å². The maximum Gasteiger partial charge on any atom is 0.416 e. The molecule has 202 valence electrons. The van der Waals surface area contributed by atoms with Crippen molar-refractivity contribution in [3.63, 3.8) is 0 Å². The number of ether oxygens (including phenoxy) is 1. The monoisotopic (exact) mass is 645 g/mol. The van der Waals surface area contributed by atoms with Crippen molar-refractivity contribution < 1.29 is 34.7 Å². The molecule has 0 atom stereocenters. The van der Waals surface area contributed by atoms with E-state index in [1.165, 1.54) is 24.3 Å². The Morgan fingerprint density at radius 2 is 1.63 bits per heavy atom. The van der Waals surface area contributed by atoms with Gasteiger partial charge in [0.25, 0.3) is 15.2 Å². The molecule has 0 saturated heterocycles. The smallest absolute Gasteiger partial charge is 0.416 e. The minimum atomic E-state index is -4.72. The van der Waals surface area contributed by atoms with E-state index in [-0.39, 0.29) is 26.7 Å². The van der Waals surface area contributed by atoms with Gasteiger partial charge >= 0.3 is 6.18 Å². The Morgan fingerprint density at radius 1 is 0.921 bits per heavy atom. The van der Waals surface area contributed by atoms with Gasteiger partial charge in [0, 0.05) is 5.02 Å². The number of sulfonamides is 2. The summed E-state index contributed by atoms with van der Waals surface area (Å²) in [5.74, 6) is -0.198. The summed E-state index contributed by atoms with van der Waals surface area (Å²) in [6.07, 6.45) is -3.72. The van der Waals surface area contributed by atoms with Gasteiger partial charge in [-0.3, -0.25) is 9.44 Å². The second-order valence-corrected chi connectivity index (χ2v) is 13.3. The van der Waals surface area contributed by atoms with Gasteiger partial charge in [-0.1, -0.05) is 46.1 Å². The number of benzene rings is 3. The highest BCUT2D eigenvalue weighted by molar-refractivity contribution is 7.93. The van der Waals surface area contributed by atoms with Crippen molar-refractivity contribution in [2.24, 2.45) is 0 Å². The first-order valence-electron chi connectivity index (χ1n) is 9.97. The normalized spacial score (nSPS) is 12.5. The van der Waals surface area contributed by atoms with Gasteiger partial charge < -0.3 is 4.74 Å². The van der Waals surface area contributed by atoms with Crippen molar-refractivity contribution in [2.75, 3.05) is 15.7 Å². The summed E-state index contributed by atoms with van der Waals surface area (Å²) in [4.78, 5) is 3.65. The molecule has 0 radical (unpaired) electrons. The second-order valence-electron chi connectivity index (χ2n) is 7.65. The van der Waals surface area contributed by atoms with E-state index in [0.717, 1.165) is 23.7 Å². The molecule has 4 rings (SSSR count). The first-order chi connectivity index (χ1) is 17.5. The van der Waals surface area contributed by atoms with Crippen LogP contribution in [0.5, 0.6) is 10.9 Å². The van der Waals surface area contributed by atoms with E-state index in [2.05, 4.69) is 14.4 Å². The van der Waals surface area contributed by atoms with E-state index < -0.39 is 41.7 Å². The number of nitrogens with one attached hydrogen (secondary N) is 2. The third-order valence-corrected chi connectivity index (χ3v) is 8.51. The first-order valence-corrected chi connectivity index (χ1v) is 15.3. The average molecular weight is 647 g/mol. The summed E-state index contributed by atoms with van der Waals surface area (Å²) in [7, 11) is -8.04. The van der Waals surface area contributed by atoms with Crippen molar-refractivity contribution in [3.05, 3.63) is 69.2 Å². The van der Waals surface area contributed by atoms with Crippen LogP contribution in [-0.2, 0) is 26.2 Å². The molecule has 1 heterocycles. The van der Waals surface area contributed by atoms with Crippen LogP contribution in [0.3, 0.4) is 0 Å². The molecule has 1 aromatic heterocycles. The predicted molar refractivity (Wildman–Crippen MR) is 142 cm³/mol. The number of aromatic nitrogens is 1. The van der Waals surface area contributed by atoms with E-state index in [1.54, 1.807) is 6.07 Å². The van der Waals surface area contributed by atoms with Crippen molar-refractivity contribution in [2.45, 2.75) is 11.1 Å². The van der Waals surface area contributed by atoms with Crippen LogP contribution < -0.4 is 14.2 Å². The minimum absolute atomic E-state index is 0.0220. The number of hydrogen-bond acceptors (Lipinski definition) is 7. The molecule has 38 heavy (non-hydrogen) atoms. The Bertz CT molecular complexity index is 1780. The molecule has 0 aliphatic rings. The van der Waals surface area contributed by atoms with E-state index in [0.29, 0.717) is 28.0 Å². The summed E-state index contributed by atoms with van der Waals surface area (Å²) in [6, 6.07) is 8.82. The molecular weight excluding hydrogens is 634 g/mol. The Kier molecular flexibility index (Phi) is 7.69. The molecule has 0 spiro atoms. The zero-order valence-electron chi connectivity index (χ0n) is 18.6. The van der Waals surface area contributed by atoms with Crippen LogP contribution in [0.25, 0.3) is 10.2 Å². The van der Waals surface area contributed by atoms with Crippen molar-refractivity contribution in [3.8, 4) is 10.9 Å². The summed E-state index contributed by atoms with van der Waals surface area (Å²) in [6.45, 7) is 0. The molecule has 0 saturated carbocycles. The number of thiazole rings is 1. The van der Waals surface area contributed by atoms with Gasteiger partial charge in [0.1, 0.15) is 4.90 Å². The van der Waals surface area contributed by atoms with Crippen molar-refractivity contribution in [1.82, 2.24) is 4.98 Å². The van der Waals surface area contributed by atoms with Gasteiger partial charge in [-0.15, -0.1) is 0 Å². The fraction of sp³-hybridized carbons (Fsp3) is 0.0952. The Morgan fingerprint density at radius 3 is 2.26 bits per heavy atom. The predicted octanol–water partition coefficient (Wildman–Crippen LogP) is 7.24. The van der Waals surface area contributed by atoms with Crippen LogP contribution in [-0.4, -0.2) is 28.1 Å². The van der Waals surface area contributed by atoms with Gasteiger partial charge in [-0.25, -0.2) is 21.8 Å². The maximum absolute atomic E-state index is 13.0. The van der Waals surface area contributed by atoms with Crippen molar-refractivity contribution >= 4 is 87.8 Å². The molecule has 0 aliphatic heterocycles. The van der Waals surface area contributed by atoms with Gasteiger partial charge in [-0.2, -0.15) is 13.2 Å². The average Bonchev–Trinajstić information content (AvgIpc) is 3.15. The summed E-state index contributed by atoms with van der Waals surface area (Å²) < 4.78 is 98.7. The number of anilines is 2. The minimum Gasteiger partial charge on any atom is -0.427 e. The lowest BCUT2D eigenvalue weighted by Gasteiger charge is -2.15. The van der Waals surface area contributed by atoms with Crippen LogP contribution >= 0.6 is 46.1 Å². The van der Waals surface area contributed by atoms with Crippen LogP contribution in [0, 0.1) is 0 Å². The van der Waals surface area contributed by atoms with Crippen LogP contribution in [0.2, 0.25) is 15.1 Å². The standard InChI is InChI=1S/C21H13Cl3F3N3O5S3/c1-37(31,32)29-12-3-4-15-17(9-12)36-20(28-15)35-19-14(24)7-11(22)8-16(19)30-38(33,34)18-5-2-10(6-13(18)23)21(25,26)27/h2-9,29-30H,1H3. The largest absolute Gasteiger partial charge is 0.427 e. The zero-order valence-corrected chi connectivity index (χ0v) is 23.3. The fourth-order valence-corrected chi connectivity index (χ4v) is 6.69. The second kappa shape index (κ2) is 10.2. The molecule has 17 heteroatoms. The molecular formula is C21H13Cl3F3N3O5S3. The Balaban J connectivity index is 1.69. The summed E-state index contributed by atoms with van der Waals surface area (Å²) >= 11 is 19.2. The highest BCUT2D eigenvalue weighted by Gasteiger charge is 2.32. The molecule has 0 amide bonds. The molecule has 3 aromatic carbocycles. The molecule has 0 unspecified atom stereocenters. The Labute approximate surface area is 233 Å². The Hall–Kier alpha value is -2.49. The third kappa shape index (κ3) is 6.55. The number of rotatable bonds is 7. The number of nitrogens with zero attached hydrogens (tertiary/aromatic N) is 1. The highest BCUT2D eigenvalue weighted by atomic mass is 35.5. The lowest BCUT2D eigenvalue weighted by molar-refractivity contribution is -0.137. The molecule has 0 bridgehead atoms. The topological polar surface area (TPSA) is 114 Å². The fourth-order valence-electron chi connectivity index (χ4n) is 3.15. The third-order valence-electron chi connectivity index (χ3n) is 4.66. The van der Waals surface area contributed by atoms with Crippen LogP contribution in [0.4, 0.5) is 24.5 Å². The van der Waals surface area contributed by atoms with Gasteiger partial charge in [0.2, 0.25) is 10.0 Å². The van der Waals surface area contributed by atoms with E-state index in [1.807, 2.05) is 0 Å².